The molecule has 0 radical (unpaired) electrons. The summed E-state index contributed by atoms with van der Waals surface area (Å²) in [6, 6.07) is 13.7. The number of likely N-dealkylation sites (N-methyl/N-ethyl adjacent to an activating group) is 1. The molecule has 2 aromatic rings. The number of hydrogen-bond acceptors (Lipinski definition) is 7. The molecule has 262 valence electrons. The zero-order valence-corrected chi connectivity index (χ0v) is 29.1. The number of benzene rings is 2. The van der Waals surface area contributed by atoms with Gasteiger partial charge in [0.15, 0.2) is 0 Å². The molecule has 3 amide bonds. The van der Waals surface area contributed by atoms with Gasteiger partial charge in [0, 0.05) is 30.7 Å². The lowest BCUT2D eigenvalue weighted by molar-refractivity contribution is -0.165. The second-order valence-corrected chi connectivity index (χ2v) is 13.5. The number of esters is 1. The Morgan fingerprint density at radius 2 is 1.84 bits per heavy atom. The third-order valence-corrected chi connectivity index (χ3v) is 10.7. The molecule has 2 bridgehead atoms. The van der Waals surface area contributed by atoms with E-state index in [0.717, 1.165) is 0 Å². The molecule has 8 atom stereocenters. The number of carbonyl (C=O) groups excluding carboxylic acids is 4. The maximum atomic E-state index is 14.7. The third-order valence-electron chi connectivity index (χ3n) is 10.4. The highest BCUT2D eigenvalue weighted by Crippen LogP contribution is 2.59. The van der Waals surface area contributed by atoms with Gasteiger partial charge in [0.2, 0.25) is 11.8 Å². The summed E-state index contributed by atoms with van der Waals surface area (Å²) in [6.07, 6.45) is 3.81. The van der Waals surface area contributed by atoms with Gasteiger partial charge in [-0.3, -0.25) is 19.2 Å². The van der Waals surface area contributed by atoms with Gasteiger partial charge in [-0.25, -0.2) is 0 Å². The molecule has 3 heterocycles. The lowest BCUT2D eigenvalue weighted by Gasteiger charge is -2.39. The van der Waals surface area contributed by atoms with Crippen LogP contribution in [0.4, 0.5) is 5.69 Å². The number of halogens is 1. The number of nitrogens with zero attached hydrogens (tertiary/aromatic N) is 3. The minimum absolute atomic E-state index is 0.117. The molecule has 2 aromatic carbocycles. The van der Waals surface area contributed by atoms with Gasteiger partial charge in [0.05, 0.1) is 36.6 Å². The van der Waals surface area contributed by atoms with Gasteiger partial charge in [0.1, 0.15) is 17.7 Å². The Labute approximate surface area is 293 Å². The normalized spacial score (nSPS) is 25.7. The first-order chi connectivity index (χ1) is 23.5. The van der Waals surface area contributed by atoms with Crippen LogP contribution in [0, 0.1) is 11.8 Å². The number of likely N-dealkylation sites (tertiary alicyclic amines) is 1. The van der Waals surface area contributed by atoms with Crippen LogP contribution in [-0.4, -0.2) is 88.6 Å². The minimum Gasteiger partial charge on any atom is -0.455 e. The predicted octanol–water partition coefficient (Wildman–Crippen LogP) is 5.10. The standard InChI is InChI=1S/C38H46ClN3O7/c1-6-9-15-30(44)40(5)24(4)33(25-13-11-10-12-14-25)48-37(47)31-29-20-21-38(49-29)32(31)35(45)42(27(8-3)23-43)34(38)36(46)41(22-7-2)28-18-16-26(39)17-19-28/h6-7,10-14,16-19,24,27,29,31-34,43H,1-2,8-9,15,20-23H2,3-5H3/t24-,27-,29+,31-,32-,33+,34+,38-/m0/s1. The fraction of sp³-hybridized carbons (Fsp3) is 0.474. The average Bonchev–Trinajstić information content (AvgIpc) is 3.76. The summed E-state index contributed by atoms with van der Waals surface area (Å²) in [5.74, 6) is -3.53. The number of aliphatic hydroxyl groups is 1. The van der Waals surface area contributed by atoms with Crippen LogP contribution in [0.3, 0.4) is 0 Å². The van der Waals surface area contributed by atoms with Crippen molar-refractivity contribution in [2.45, 2.75) is 81.9 Å². The molecule has 3 aliphatic rings. The molecular formula is C38H46ClN3O7. The molecule has 10 nitrogen and oxygen atoms in total. The second kappa shape index (κ2) is 15.3. The SMILES string of the molecule is C=CCCC(=O)N(C)[C@@H](C)[C@@H](OC(=O)[C@@H]1[C@H]2C(=O)N([C@@H](CC)CO)[C@H](C(=O)N(CC=C)c3ccc(Cl)cc3)[C@]23CC[C@H]1O3)c1ccccc1. The number of anilines is 1. The molecule has 3 saturated heterocycles. The van der Waals surface area contributed by atoms with Crippen LogP contribution in [0.5, 0.6) is 0 Å². The van der Waals surface area contributed by atoms with E-state index in [-0.39, 0.29) is 25.5 Å². The van der Waals surface area contributed by atoms with Crippen LogP contribution < -0.4 is 4.90 Å². The van der Waals surface area contributed by atoms with Crippen molar-refractivity contribution in [3.8, 4) is 0 Å². The molecule has 49 heavy (non-hydrogen) atoms. The molecule has 5 rings (SSSR count). The van der Waals surface area contributed by atoms with Crippen molar-refractivity contribution >= 4 is 41.0 Å². The quantitative estimate of drug-likeness (QED) is 0.204. The van der Waals surface area contributed by atoms with Gasteiger partial charge < -0.3 is 29.3 Å². The van der Waals surface area contributed by atoms with Gasteiger partial charge in [-0.05, 0) is 62.4 Å². The van der Waals surface area contributed by atoms with Crippen molar-refractivity contribution in [1.29, 1.82) is 0 Å². The van der Waals surface area contributed by atoms with Gasteiger partial charge in [0.25, 0.3) is 5.91 Å². The third kappa shape index (κ3) is 6.66. The molecule has 0 saturated carbocycles. The monoisotopic (exact) mass is 691 g/mol. The first-order valence-corrected chi connectivity index (χ1v) is 17.3. The van der Waals surface area contributed by atoms with E-state index >= 15 is 0 Å². The summed E-state index contributed by atoms with van der Waals surface area (Å²) in [4.78, 5) is 61.2. The number of ether oxygens (including phenoxy) is 2. The van der Waals surface area contributed by atoms with E-state index in [1.807, 2.05) is 44.2 Å². The van der Waals surface area contributed by atoms with E-state index in [2.05, 4.69) is 13.2 Å². The molecule has 3 fully saturated rings. The largest absolute Gasteiger partial charge is 0.455 e. The zero-order valence-electron chi connectivity index (χ0n) is 28.4. The maximum Gasteiger partial charge on any atom is 0.313 e. The maximum absolute atomic E-state index is 14.7. The van der Waals surface area contributed by atoms with E-state index in [1.165, 1.54) is 9.80 Å². The predicted molar refractivity (Wildman–Crippen MR) is 187 cm³/mol. The molecule has 3 aliphatic heterocycles. The number of amides is 3. The Morgan fingerprint density at radius 3 is 2.45 bits per heavy atom. The molecule has 0 aromatic heterocycles. The summed E-state index contributed by atoms with van der Waals surface area (Å²) in [7, 11) is 1.68. The number of allylic oxidation sites excluding steroid dienone is 1. The van der Waals surface area contributed by atoms with Crippen LogP contribution in [0.2, 0.25) is 5.02 Å². The van der Waals surface area contributed by atoms with Crippen molar-refractivity contribution in [1.82, 2.24) is 9.80 Å². The number of hydrogen-bond donors (Lipinski definition) is 1. The Bertz CT molecular complexity index is 1550. The van der Waals surface area contributed by atoms with Gasteiger partial charge in [-0.1, -0.05) is 61.0 Å². The van der Waals surface area contributed by atoms with E-state index in [1.54, 1.807) is 48.4 Å². The summed E-state index contributed by atoms with van der Waals surface area (Å²) < 4.78 is 12.9. The van der Waals surface area contributed by atoms with Crippen LogP contribution in [0.15, 0.2) is 79.9 Å². The van der Waals surface area contributed by atoms with Crippen molar-refractivity contribution in [3.05, 3.63) is 90.5 Å². The molecule has 0 aliphatic carbocycles. The molecule has 11 heteroatoms. The van der Waals surface area contributed by atoms with E-state index in [4.69, 9.17) is 21.1 Å². The van der Waals surface area contributed by atoms with Gasteiger partial charge >= 0.3 is 5.97 Å². The first-order valence-electron chi connectivity index (χ1n) is 16.9. The van der Waals surface area contributed by atoms with E-state index < -0.39 is 65.6 Å². The minimum atomic E-state index is -1.30. The van der Waals surface area contributed by atoms with Crippen molar-refractivity contribution in [2.24, 2.45) is 11.8 Å². The lowest BCUT2D eigenvalue weighted by Crippen LogP contribution is -2.59. The number of carbonyl (C=O) groups is 4. The zero-order chi connectivity index (χ0) is 35.5. The van der Waals surface area contributed by atoms with Crippen LogP contribution in [-0.2, 0) is 28.7 Å². The Balaban J connectivity index is 1.51. The Morgan fingerprint density at radius 1 is 1.14 bits per heavy atom. The Kier molecular flexibility index (Phi) is 11.3. The number of aliphatic hydroxyl groups excluding tert-OH is 1. The number of fused-ring (bicyclic) bond motifs is 1. The fourth-order valence-corrected chi connectivity index (χ4v) is 7.92. The van der Waals surface area contributed by atoms with Crippen molar-refractivity contribution in [3.63, 3.8) is 0 Å². The van der Waals surface area contributed by atoms with Gasteiger partial charge in [-0.2, -0.15) is 0 Å². The van der Waals surface area contributed by atoms with Crippen LogP contribution >= 0.6 is 11.6 Å². The summed E-state index contributed by atoms with van der Waals surface area (Å²) in [5.41, 5.74) is -0.0386. The van der Waals surface area contributed by atoms with E-state index in [9.17, 15) is 24.3 Å². The summed E-state index contributed by atoms with van der Waals surface area (Å²) in [5, 5.41) is 10.9. The Hall–Kier alpha value is -3.99. The lowest BCUT2D eigenvalue weighted by atomic mass is 9.70. The highest BCUT2D eigenvalue weighted by atomic mass is 35.5. The fourth-order valence-electron chi connectivity index (χ4n) is 7.79. The average molecular weight is 692 g/mol. The first kappa shape index (κ1) is 36.3. The molecule has 1 N–H and O–H groups in total. The van der Waals surface area contributed by atoms with Crippen LogP contribution in [0.25, 0.3) is 0 Å². The molecular weight excluding hydrogens is 646 g/mol. The highest BCUT2D eigenvalue weighted by Gasteiger charge is 2.75. The van der Waals surface area contributed by atoms with Crippen molar-refractivity contribution in [2.75, 3.05) is 25.1 Å². The number of rotatable bonds is 15. The van der Waals surface area contributed by atoms with Crippen molar-refractivity contribution < 1.29 is 33.8 Å². The van der Waals surface area contributed by atoms with E-state index in [0.29, 0.717) is 42.0 Å². The second-order valence-electron chi connectivity index (χ2n) is 13.1. The molecule has 1 spiro atoms. The van der Waals surface area contributed by atoms with Gasteiger partial charge in [-0.15, -0.1) is 13.2 Å². The topological polar surface area (TPSA) is 117 Å². The highest BCUT2D eigenvalue weighted by molar-refractivity contribution is 6.30. The smallest absolute Gasteiger partial charge is 0.313 e. The summed E-state index contributed by atoms with van der Waals surface area (Å²) in [6.45, 7) is 11.0. The molecule has 0 unspecified atom stereocenters. The van der Waals surface area contributed by atoms with Crippen LogP contribution in [0.1, 0.15) is 57.6 Å². The summed E-state index contributed by atoms with van der Waals surface area (Å²) >= 11 is 6.15.